The number of carbonyl (C=O) groups is 2. The Morgan fingerprint density at radius 1 is 1.30 bits per heavy atom. The first-order valence-electron chi connectivity index (χ1n) is 8.12. The third kappa shape index (κ3) is 4.87. The van der Waals surface area contributed by atoms with Crippen molar-refractivity contribution in [3.8, 4) is 5.75 Å². The van der Waals surface area contributed by atoms with Gasteiger partial charge in [0.05, 0.1) is 13.2 Å². The molecule has 2 rings (SSSR count). The Bertz CT molecular complexity index is 530. The molecule has 126 valence electrons. The highest BCUT2D eigenvalue weighted by Crippen LogP contribution is 2.24. The van der Waals surface area contributed by atoms with Crippen LogP contribution in [0.3, 0.4) is 0 Å². The average molecular weight is 319 g/mol. The maximum atomic E-state index is 12.1. The number of methoxy groups -OCH3 is 1. The minimum absolute atomic E-state index is 0.0199. The number of ether oxygens (including phenoxy) is 1. The van der Waals surface area contributed by atoms with Gasteiger partial charge in [0.15, 0.2) is 0 Å². The first kappa shape index (κ1) is 17.1. The highest BCUT2D eigenvalue weighted by molar-refractivity contribution is 5.96. The van der Waals surface area contributed by atoms with E-state index in [4.69, 9.17) is 4.74 Å². The minimum atomic E-state index is -0.199. The minimum Gasteiger partial charge on any atom is -0.497 e. The van der Waals surface area contributed by atoms with Crippen LogP contribution in [0.25, 0.3) is 0 Å². The smallest absolute Gasteiger partial charge is 0.315 e. The summed E-state index contributed by atoms with van der Waals surface area (Å²) in [7, 11) is 1.61. The molecule has 0 spiro atoms. The van der Waals surface area contributed by atoms with Gasteiger partial charge in [-0.3, -0.25) is 4.79 Å². The van der Waals surface area contributed by atoms with Crippen molar-refractivity contribution in [2.45, 2.75) is 38.6 Å². The molecule has 6 heteroatoms. The molecular weight excluding hydrogens is 294 g/mol. The molecule has 0 saturated carbocycles. The number of anilines is 1. The zero-order chi connectivity index (χ0) is 16.7. The van der Waals surface area contributed by atoms with Gasteiger partial charge in [-0.1, -0.05) is 19.8 Å². The SMILES string of the molecule is CCCCCNC(=O)N[C@H]1CC(=O)N(c2ccc(OC)cc2)C1. The summed E-state index contributed by atoms with van der Waals surface area (Å²) in [6, 6.07) is 6.99. The third-order valence-corrected chi connectivity index (χ3v) is 3.91. The van der Waals surface area contributed by atoms with Crippen LogP contribution in [0.15, 0.2) is 24.3 Å². The molecule has 1 fully saturated rings. The summed E-state index contributed by atoms with van der Waals surface area (Å²) in [6.45, 7) is 3.29. The predicted octanol–water partition coefficient (Wildman–Crippen LogP) is 2.29. The highest BCUT2D eigenvalue weighted by atomic mass is 16.5. The third-order valence-electron chi connectivity index (χ3n) is 3.91. The van der Waals surface area contributed by atoms with Crippen LogP contribution >= 0.6 is 0 Å². The molecule has 1 aromatic carbocycles. The van der Waals surface area contributed by atoms with Gasteiger partial charge >= 0.3 is 6.03 Å². The normalized spacial score (nSPS) is 17.2. The number of nitrogens with one attached hydrogen (secondary N) is 2. The number of nitrogens with zero attached hydrogens (tertiary/aromatic N) is 1. The van der Waals surface area contributed by atoms with Crippen molar-refractivity contribution >= 4 is 17.6 Å². The average Bonchev–Trinajstić information content (AvgIpc) is 2.92. The summed E-state index contributed by atoms with van der Waals surface area (Å²) in [5.74, 6) is 0.771. The van der Waals surface area contributed by atoms with Gasteiger partial charge in [0.2, 0.25) is 5.91 Å². The number of benzene rings is 1. The Balaban J connectivity index is 1.83. The zero-order valence-corrected chi connectivity index (χ0v) is 13.8. The molecule has 0 aliphatic carbocycles. The van der Waals surface area contributed by atoms with Crippen LogP contribution in [-0.2, 0) is 4.79 Å². The lowest BCUT2D eigenvalue weighted by molar-refractivity contribution is -0.117. The lowest BCUT2D eigenvalue weighted by Gasteiger charge is -2.17. The molecule has 6 nitrogen and oxygen atoms in total. The summed E-state index contributed by atoms with van der Waals surface area (Å²) in [5.41, 5.74) is 0.823. The van der Waals surface area contributed by atoms with Crippen LogP contribution in [0.5, 0.6) is 5.75 Å². The molecular formula is C17H25N3O3. The number of unbranched alkanes of at least 4 members (excludes halogenated alkanes) is 2. The first-order valence-corrected chi connectivity index (χ1v) is 8.12. The van der Waals surface area contributed by atoms with Crippen LogP contribution in [0.1, 0.15) is 32.6 Å². The fourth-order valence-corrected chi connectivity index (χ4v) is 2.63. The lowest BCUT2D eigenvalue weighted by Crippen LogP contribution is -2.43. The van der Waals surface area contributed by atoms with Crippen LogP contribution in [0.2, 0.25) is 0 Å². The van der Waals surface area contributed by atoms with E-state index in [0.29, 0.717) is 19.5 Å². The van der Waals surface area contributed by atoms with Crippen LogP contribution in [-0.4, -0.2) is 38.2 Å². The molecule has 1 aromatic rings. The molecule has 2 N–H and O–H groups in total. The van der Waals surface area contributed by atoms with E-state index in [-0.39, 0.29) is 18.0 Å². The van der Waals surface area contributed by atoms with E-state index in [1.54, 1.807) is 12.0 Å². The summed E-state index contributed by atoms with van der Waals surface area (Å²) in [6.07, 6.45) is 3.53. The molecule has 0 bridgehead atoms. The maximum absolute atomic E-state index is 12.1. The van der Waals surface area contributed by atoms with E-state index >= 15 is 0 Å². The number of urea groups is 1. The van der Waals surface area contributed by atoms with Crippen LogP contribution in [0.4, 0.5) is 10.5 Å². The molecule has 1 heterocycles. The van der Waals surface area contributed by atoms with Gasteiger partial charge in [-0.25, -0.2) is 4.79 Å². The number of hydrogen-bond donors (Lipinski definition) is 2. The monoisotopic (exact) mass is 319 g/mol. The molecule has 3 amide bonds. The number of hydrogen-bond acceptors (Lipinski definition) is 3. The first-order chi connectivity index (χ1) is 11.1. The molecule has 0 unspecified atom stereocenters. The van der Waals surface area contributed by atoms with E-state index in [2.05, 4.69) is 17.6 Å². The van der Waals surface area contributed by atoms with Crippen molar-refractivity contribution in [2.24, 2.45) is 0 Å². The highest BCUT2D eigenvalue weighted by Gasteiger charge is 2.31. The maximum Gasteiger partial charge on any atom is 0.315 e. The second-order valence-electron chi connectivity index (χ2n) is 5.71. The van der Waals surface area contributed by atoms with Crippen molar-refractivity contribution in [1.29, 1.82) is 0 Å². The number of amides is 3. The van der Waals surface area contributed by atoms with Crippen LogP contribution < -0.4 is 20.3 Å². The van der Waals surface area contributed by atoms with Gasteiger partial charge in [0.1, 0.15) is 5.75 Å². The van der Waals surface area contributed by atoms with E-state index in [1.807, 2.05) is 24.3 Å². The Labute approximate surface area is 137 Å². The van der Waals surface area contributed by atoms with Gasteiger partial charge in [-0.15, -0.1) is 0 Å². The number of carbonyl (C=O) groups excluding carboxylic acids is 2. The van der Waals surface area contributed by atoms with Gasteiger partial charge in [-0.2, -0.15) is 0 Å². The molecule has 1 aliphatic rings. The van der Waals surface area contributed by atoms with Crippen molar-refractivity contribution in [2.75, 3.05) is 25.1 Å². The predicted molar refractivity (Wildman–Crippen MR) is 89.8 cm³/mol. The van der Waals surface area contributed by atoms with Crippen LogP contribution in [0, 0.1) is 0 Å². The van der Waals surface area contributed by atoms with E-state index in [0.717, 1.165) is 30.7 Å². The molecule has 23 heavy (non-hydrogen) atoms. The lowest BCUT2D eigenvalue weighted by atomic mass is 10.2. The summed E-state index contributed by atoms with van der Waals surface area (Å²) >= 11 is 0. The molecule has 1 aliphatic heterocycles. The largest absolute Gasteiger partial charge is 0.497 e. The van der Waals surface area contributed by atoms with E-state index in [9.17, 15) is 9.59 Å². The van der Waals surface area contributed by atoms with Gasteiger partial charge in [-0.05, 0) is 30.7 Å². The van der Waals surface area contributed by atoms with Crippen molar-refractivity contribution < 1.29 is 14.3 Å². The van der Waals surface area contributed by atoms with Crippen molar-refractivity contribution in [1.82, 2.24) is 10.6 Å². The quantitative estimate of drug-likeness (QED) is 0.758. The summed E-state index contributed by atoms with van der Waals surface area (Å²) < 4.78 is 5.12. The fourth-order valence-electron chi connectivity index (χ4n) is 2.63. The second-order valence-corrected chi connectivity index (χ2v) is 5.71. The topological polar surface area (TPSA) is 70.7 Å². The van der Waals surface area contributed by atoms with E-state index < -0.39 is 0 Å². The standard InChI is InChI=1S/C17H25N3O3/c1-3-4-5-10-18-17(22)19-13-11-16(21)20(12-13)14-6-8-15(23-2)9-7-14/h6-9,13H,3-5,10-12H2,1-2H3,(H2,18,19,22)/t13-/m0/s1. The Morgan fingerprint density at radius 2 is 2.04 bits per heavy atom. The summed E-state index contributed by atoms with van der Waals surface area (Å²) in [5, 5.41) is 5.70. The van der Waals surface area contributed by atoms with Crippen molar-refractivity contribution in [3.63, 3.8) is 0 Å². The molecule has 1 atom stereocenters. The molecule has 0 radical (unpaired) electrons. The molecule has 0 aromatic heterocycles. The van der Waals surface area contributed by atoms with Gasteiger partial charge < -0.3 is 20.3 Å². The zero-order valence-electron chi connectivity index (χ0n) is 13.8. The number of rotatable bonds is 7. The summed E-state index contributed by atoms with van der Waals surface area (Å²) in [4.78, 5) is 25.7. The Morgan fingerprint density at radius 3 is 2.70 bits per heavy atom. The molecule has 1 saturated heterocycles. The fraction of sp³-hybridized carbons (Fsp3) is 0.529. The second kappa shape index (κ2) is 8.41. The Kier molecular flexibility index (Phi) is 6.26. The van der Waals surface area contributed by atoms with Gasteiger partial charge in [0.25, 0.3) is 0 Å². The Hall–Kier alpha value is -2.24. The van der Waals surface area contributed by atoms with Gasteiger partial charge in [0, 0.05) is 25.2 Å². The van der Waals surface area contributed by atoms with E-state index in [1.165, 1.54) is 0 Å². The van der Waals surface area contributed by atoms with Crippen molar-refractivity contribution in [3.05, 3.63) is 24.3 Å².